The van der Waals surface area contributed by atoms with Gasteiger partial charge in [0.15, 0.2) is 0 Å². The average Bonchev–Trinajstić information content (AvgIpc) is 2.35. The van der Waals surface area contributed by atoms with Crippen LogP contribution in [0.1, 0.15) is 27.2 Å². The van der Waals surface area contributed by atoms with Crippen molar-refractivity contribution in [2.45, 2.75) is 33.2 Å². The number of rotatable bonds is 10. The highest BCUT2D eigenvalue weighted by Crippen LogP contribution is 2.18. The van der Waals surface area contributed by atoms with Crippen LogP contribution >= 0.6 is 0 Å². The summed E-state index contributed by atoms with van der Waals surface area (Å²) in [5, 5.41) is 3.05. The first kappa shape index (κ1) is 17.4. The Bertz CT molecular complexity index is 284. The highest BCUT2D eigenvalue weighted by Gasteiger charge is 2.33. The molecule has 5 nitrogen and oxygen atoms in total. The molecule has 1 N–H and O–H groups in total. The Morgan fingerprint density at radius 2 is 2.20 bits per heavy atom. The van der Waals surface area contributed by atoms with E-state index >= 15 is 0 Å². The number of nitrogens with one attached hydrogen (secondary N) is 1. The normalized spacial score (nSPS) is 19.4. The average molecular weight is 285 g/mol. The smallest absolute Gasteiger partial charge is 0.237 e. The fraction of sp³-hybridized carbons (Fsp3) is 0.933. The van der Waals surface area contributed by atoms with E-state index in [2.05, 4.69) is 36.0 Å². The van der Waals surface area contributed by atoms with E-state index in [9.17, 15) is 4.79 Å². The summed E-state index contributed by atoms with van der Waals surface area (Å²) in [6, 6.07) is 0.103. The number of hydrogen-bond donors (Lipinski definition) is 1. The zero-order chi connectivity index (χ0) is 15.0. The SMILES string of the molecule is CCOCCN(C)CCNC(=O)C1CCN1CC(C)C. The van der Waals surface area contributed by atoms with Crippen LogP contribution in [0.25, 0.3) is 0 Å². The molecule has 20 heavy (non-hydrogen) atoms. The lowest BCUT2D eigenvalue weighted by atomic mass is 10.00. The molecule has 0 radical (unpaired) electrons. The summed E-state index contributed by atoms with van der Waals surface area (Å²) >= 11 is 0. The van der Waals surface area contributed by atoms with Gasteiger partial charge in [-0.15, -0.1) is 0 Å². The molecular formula is C15H31N3O2. The summed E-state index contributed by atoms with van der Waals surface area (Å²) in [7, 11) is 2.06. The Kier molecular flexibility index (Phi) is 8.11. The zero-order valence-corrected chi connectivity index (χ0v) is 13.5. The Morgan fingerprint density at radius 3 is 2.75 bits per heavy atom. The van der Waals surface area contributed by atoms with Crippen molar-refractivity contribution in [3.05, 3.63) is 0 Å². The molecule has 0 aliphatic carbocycles. The van der Waals surface area contributed by atoms with Crippen molar-refractivity contribution < 1.29 is 9.53 Å². The third-order valence-electron chi connectivity index (χ3n) is 3.65. The van der Waals surface area contributed by atoms with Gasteiger partial charge in [0, 0.05) is 39.3 Å². The van der Waals surface area contributed by atoms with E-state index < -0.39 is 0 Å². The molecule has 0 aromatic carbocycles. The van der Waals surface area contributed by atoms with Gasteiger partial charge in [-0.1, -0.05) is 13.8 Å². The van der Waals surface area contributed by atoms with E-state index in [0.717, 1.165) is 45.8 Å². The molecule has 1 saturated heterocycles. The van der Waals surface area contributed by atoms with Crippen molar-refractivity contribution in [2.75, 3.05) is 53.0 Å². The zero-order valence-electron chi connectivity index (χ0n) is 13.5. The maximum absolute atomic E-state index is 12.1. The van der Waals surface area contributed by atoms with Crippen molar-refractivity contribution in [1.29, 1.82) is 0 Å². The van der Waals surface area contributed by atoms with Gasteiger partial charge in [-0.2, -0.15) is 0 Å². The molecule has 1 aliphatic rings. The second-order valence-corrected chi connectivity index (χ2v) is 5.98. The lowest BCUT2D eigenvalue weighted by Gasteiger charge is -2.40. The predicted molar refractivity (Wildman–Crippen MR) is 81.8 cm³/mol. The van der Waals surface area contributed by atoms with Crippen molar-refractivity contribution >= 4 is 5.91 Å². The number of ether oxygens (including phenoxy) is 1. The molecule has 0 spiro atoms. The minimum atomic E-state index is 0.103. The van der Waals surface area contributed by atoms with E-state index in [-0.39, 0.29) is 11.9 Å². The molecule has 5 heteroatoms. The standard InChI is InChI=1S/C15H31N3O2/c1-5-20-11-10-17(4)9-7-16-15(19)14-6-8-18(14)12-13(2)3/h13-14H,5-12H2,1-4H3,(H,16,19). The summed E-state index contributed by atoms with van der Waals surface area (Å²) in [5.74, 6) is 0.811. The van der Waals surface area contributed by atoms with E-state index in [0.29, 0.717) is 12.5 Å². The van der Waals surface area contributed by atoms with Crippen LogP contribution < -0.4 is 5.32 Å². The fourth-order valence-electron chi connectivity index (χ4n) is 2.39. The van der Waals surface area contributed by atoms with Gasteiger partial charge < -0.3 is 15.0 Å². The number of likely N-dealkylation sites (tertiary alicyclic amines) is 1. The van der Waals surface area contributed by atoms with Crippen LogP contribution in [-0.2, 0) is 9.53 Å². The van der Waals surface area contributed by atoms with Crippen molar-refractivity contribution in [1.82, 2.24) is 15.1 Å². The Morgan fingerprint density at radius 1 is 1.45 bits per heavy atom. The van der Waals surface area contributed by atoms with Crippen LogP contribution in [0.15, 0.2) is 0 Å². The van der Waals surface area contributed by atoms with Crippen LogP contribution in [0.2, 0.25) is 0 Å². The number of carbonyl (C=O) groups excluding carboxylic acids is 1. The number of amides is 1. The van der Waals surface area contributed by atoms with Crippen molar-refractivity contribution in [2.24, 2.45) is 5.92 Å². The van der Waals surface area contributed by atoms with Crippen LogP contribution in [0.5, 0.6) is 0 Å². The van der Waals surface area contributed by atoms with E-state index in [1.54, 1.807) is 0 Å². The predicted octanol–water partition coefficient (Wildman–Crippen LogP) is 0.801. The summed E-state index contributed by atoms with van der Waals surface area (Å²) in [6.07, 6.45) is 0.999. The minimum Gasteiger partial charge on any atom is -0.380 e. The molecule has 1 fully saturated rings. The molecule has 0 aromatic heterocycles. The van der Waals surface area contributed by atoms with Crippen LogP contribution in [-0.4, -0.2) is 74.7 Å². The van der Waals surface area contributed by atoms with Crippen LogP contribution in [0.3, 0.4) is 0 Å². The van der Waals surface area contributed by atoms with Gasteiger partial charge in [0.05, 0.1) is 12.6 Å². The molecule has 1 heterocycles. The number of likely N-dealkylation sites (N-methyl/N-ethyl adjacent to an activating group) is 1. The lowest BCUT2D eigenvalue weighted by Crippen LogP contribution is -2.57. The highest BCUT2D eigenvalue weighted by molar-refractivity contribution is 5.82. The number of hydrogen-bond acceptors (Lipinski definition) is 4. The fourth-order valence-corrected chi connectivity index (χ4v) is 2.39. The molecule has 0 bridgehead atoms. The van der Waals surface area contributed by atoms with Crippen LogP contribution in [0, 0.1) is 5.92 Å². The molecule has 0 saturated carbocycles. The molecule has 1 amide bonds. The van der Waals surface area contributed by atoms with Crippen molar-refractivity contribution in [3.8, 4) is 0 Å². The maximum atomic E-state index is 12.1. The summed E-state index contributed by atoms with van der Waals surface area (Å²) in [5.41, 5.74) is 0. The van der Waals surface area contributed by atoms with E-state index in [4.69, 9.17) is 4.74 Å². The molecular weight excluding hydrogens is 254 g/mol. The van der Waals surface area contributed by atoms with Crippen molar-refractivity contribution in [3.63, 3.8) is 0 Å². The largest absolute Gasteiger partial charge is 0.380 e. The Labute approximate surface area is 123 Å². The number of carbonyl (C=O) groups is 1. The monoisotopic (exact) mass is 285 g/mol. The van der Waals surface area contributed by atoms with Gasteiger partial charge in [-0.3, -0.25) is 9.69 Å². The third-order valence-corrected chi connectivity index (χ3v) is 3.65. The van der Waals surface area contributed by atoms with E-state index in [1.165, 1.54) is 0 Å². The van der Waals surface area contributed by atoms with Gasteiger partial charge in [-0.05, 0) is 26.3 Å². The van der Waals surface area contributed by atoms with Crippen LogP contribution in [0.4, 0.5) is 0 Å². The van der Waals surface area contributed by atoms with Gasteiger partial charge in [0.25, 0.3) is 0 Å². The van der Waals surface area contributed by atoms with Gasteiger partial charge in [-0.25, -0.2) is 0 Å². The first-order chi connectivity index (χ1) is 9.54. The molecule has 1 aliphatic heterocycles. The van der Waals surface area contributed by atoms with Gasteiger partial charge in [0.1, 0.15) is 0 Å². The summed E-state index contributed by atoms with van der Waals surface area (Å²) < 4.78 is 5.31. The maximum Gasteiger partial charge on any atom is 0.237 e. The first-order valence-corrected chi connectivity index (χ1v) is 7.82. The van der Waals surface area contributed by atoms with Gasteiger partial charge >= 0.3 is 0 Å². The van der Waals surface area contributed by atoms with Gasteiger partial charge in [0.2, 0.25) is 5.91 Å². The third kappa shape index (κ3) is 6.20. The first-order valence-electron chi connectivity index (χ1n) is 7.82. The second kappa shape index (κ2) is 9.32. The summed E-state index contributed by atoms with van der Waals surface area (Å²) in [6.45, 7) is 12.5. The Balaban J connectivity index is 2.11. The highest BCUT2D eigenvalue weighted by atomic mass is 16.5. The molecule has 1 atom stereocenters. The number of nitrogens with zero attached hydrogens (tertiary/aromatic N) is 2. The summed E-state index contributed by atoms with van der Waals surface area (Å²) in [4.78, 5) is 16.5. The Hall–Kier alpha value is -0.650. The molecule has 1 unspecified atom stereocenters. The molecule has 1 rings (SSSR count). The molecule has 0 aromatic rings. The molecule has 118 valence electrons. The minimum absolute atomic E-state index is 0.103. The second-order valence-electron chi connectivity index (χ2n) is 5.98. The quantitative estimate of drug-likeness (QED) is 0.603. The lowest BCUT2D eigenvalue weighted by molar-refractivity contribution is -0.131. The topological polar surface area (TPSA) is 44.8 Å². The van der Waals surface area contributed by atoms with E-state index in [1.807, 2.05) is 6.92 Å².